The van der Waals surface area contributed by atoms with Gasteiger partial charge in [-0.2, -0.15) is 0 Å². The van der Waals surface area contributed by atoms with Crippen LogP contribution in [0.3, 0.4) is 0 Å². The number of pyridine rings is 1. The lowest BCUT2D eigenvalue weighted by atomic mass is 10.2. The third-order valence-corrected chi connectivity index (χ3v) is 3.74. The van der Waals surface area contributed by atoms with Crippen LogP contribution in [0.1, 0.15) is 16.9 Å². The number of hydrogen-bond acceptors (Lipinski definition) is 5. The summed E-state index contributed by atoms with van der Waals surface area (Å²) in [6, 6.07) is 14.5. The highest BCUT2D eigenvalue weighted by molar-refractivity contribution is 5.89. The molecule has 2 heterocycles. The van der Waals surface area contributed by atoms with Crippen molar-refractivity contribution < 1.29 is 18.7 Å². The van der Waals surface area contributed by atoms with E-state index in [0.29, 0.717) is 31.3 Å². The third kappa shape index (κ3) is 5.86. The number of rotatable bonds is 8. The molecule has 0 saturated carbocycles. The summed E-state index contributed by atoms with van der Waals surface area (Å²) in [5, 5.41) is 5.60. The highest BCUT2D eigenvalue weighted by atomic mass is 16.5. The normalized spacial score (nSPS) is 10.4. The summed E-state index contributed by atoms with van der Waals surface area (Å²) in [5.41, 5.74) is 2.53. The minimum absolute atomic E-state index is 0.292. The Kier molecular flexibility index (Phi) is 6.43. The zero-order chi connectivity index (χ0) is 18.9. The van der Waals surface area contributed by atoms with Crippen molar-refractivity contribution in [2.24, 2.45) is 0 Å². The van der Waals surface area contributed by atoms with Gasteiger partial charge in [-0.3, -0.25) is 0 Å². The van der Waals surface area contributed by atoms with Crippen LogP contribution >= 0.6 is 0 Å². The van der Waals surface area contributed by atoms with E-state index in [4.69, 9.17) is 13.9 Å². The Balaban J connectivity index is 1.45. The minimum Gasteiger partial charge on any atom is -0.481 e. The maximum atomic E-state index is 12.1. The number of urea groups is 1. The van der Waals surface area contributed by atoms with Crippen LogP contribution in [0.15, 0.2) is 65.4 Å². The van der Waals surface area contributed by atoms with E-state index in [2.05, 4.69) is 15.6 Å². The lowest BCUT2D eigenvalue weighted by molar-refractivity contribution is 0.0930. The van der Waals surface area contributed by atoms with Crippen molar-refractivity contribution in [3.05, 3.63) is 77.9 Å². The van der Waals surface area contributed by atoms with Crippen LogP contribution < -0.4 is 15.4 Å². The molecular weight excluding hydrogens is 346 g/mol. The number of carbonyl (C=O) groups excluding carboxylic acids is 1. The number of anilines is 1. The SMILES string of the molecule is COc1ccc(CNC(=O)Nc2cccc(COCc3ccco3)c2)cn1. The molecule has 3 rings (SSSR count). The number of furan rings is 1. The molecule has 2 amide bonds. The van der Waals surface area contributed by atoms with Gasteiger partial charge in [-0.05, 0) is 35.4 Å². The first kappa shape index (κ1) is 18.5. The van der Waals surface area contributed by atoms with Gasteiger partial charge in [0.25, 0.3) is 0 Å². The quantitative estimate of drug-likeness (QED) is 0.634. The Labute approximate surface area is 157 Å². The Hall–Kier alpha value is -3.32. The van der Waals surface area contributed by atoms with Gasteiger partial charge in [0.15, 0.2) is 0 Å². The number of hydrogen-bond donors (Lipinski definition) is 2. The van der Waals surface area contributed by atoms with Gasteiger partial charge in [0.1, 0.15) is 12.4 Å². The second kappa shape index (κ2) is 9.40. The lowest BCUT2D eigenvalue weighted by Crippen LogP contribution is -2.28. The molecule has 0 unspecified atom stereocenters. The fourth-order valence-corrected chi connectivity index (χ4v) is 2.40. The van der Waals surface area contributed by atoms with Gasteiger partial charge in [-0.25, -0.2) is 9.78 Å². The summed E-state index contributed by atoms with van der Waals surface area (Å²) in [5.74, 6) is 1.31. The van der Waals surface area contributed by atoms with Crippen molar-refractivity contribution in [1.82, 2.24) is 10.3 Å². The molecule has 0 aliphatic carbocycles. The summed E-state index contributed by atoms with van der Waals surface area (Å²) in [7, 11) is 1.56. The number of ether oxygens (including phenoxy) is 2. The number of nitrogens with zero attached hydrogens (tertiary/aromatic N) is 1. The van der Waals surface area contributed by atoms with Gasteiger partial charge < -0.3 is 24.5 Å². The molecule has 7 nitrogen and oxygen atoms in total. The molecule has 0 radical (unpaired) electrons. The van der Waals surface area contributed by atoms with Crippen LogP contribution in [0.2, 0.25) is 0 Å². The summed E-state index contributed by atoms with van der Waals surface area (Å²) in [4.78, 5) is 16.2. The van der Waals surface area contributed by atoms with Crippen LogP contribution in [0.4, 0.5) is 10.5 Å². The largest absolute Gasteiger partial charge is 0.481 e. The zero-order valence-electron chi connectivity index (χ0n) is 15.0. The molecule has 0 fully saturated rings. The number of amides is 2. The van der Waals surface area contributed by atoms with E-state index < -0.39 is 0 Å². The molecular formula is C20H21N3O4. The monoisotopic (exact) mass is 367 g/mol. The van der Waals surface area contributed by atoms with Gasteiger partial charge in [0.05, 0.1) is 20.0 Å². The molecule has 2 N–H and O–H groups in total. The number of nitrogens with one attached hydrogen (secondary N) is 2. The summed E-state index contributed by atoms with van der Waals surface area (Å²) in [6.07, 6.45) is 3.28. The second-order valence-corrected chi connectivity index (χ2v) is 5.79. The van der Waals surface area contributed by atoms with Crippen LogP contribution in [0.5, 0.6) is 5.88 Å². The molecule has 1 aromatic carbocycles. The molecule has 0 bridgehead atoms. The lowest BCUT2D eigenvalue weighted by Gasteiger charge is -2.09. The molecule has 3 aromatic rings. The molecule has 2 aromatic heterocycles. The number of carbonyl (C=O) groups is 1. The summed E-state index contributed by atoms with van der Waals surface area (Å²) in [6.45, 7) is 1.20. The minimum atomic E-state index is -0.292. The zero-order valence-corrected chi connectivity index (χ0v) is 15.0. The average molecular weight is 367 g/mol. The molecule has 0 spiro atoms. The number of benzene rings is 1. The van der Waals surface area contributed by atoms with Crippen molar-refractivity contribution in [1.29, 1.82) is 0 Å². The second-order valence-electron chi connectivity index (χ2n) is 5.79. The molecule has 0 aliphatic rings. The molecule has 140 valence electrons. The molecule has 0 aliphatic heterocycles. The van der Waals surface area contributed by atoms with Gasteiger partial charge in [0, 0.05) is 24.5 Å². The average Bonchev–Trinajstić information content (AvgIpc) is 3.21. The summed E-state index contributed by atoms with van der Waals surface area (Å²) < 4.78 is 15.8. The number of methoxy groups -OCH3 is 1. The van der Waals surface area contributed by atoms with Gasteiger partial charge in [0.2, 0.25) is 5.88 Å². The highest BCUT2D eigenvalue weighted by Gasteiger charge is 2.04. The van der Waals surface area contributed by atoms with Crippen molar-refractivity contribution in [3.8, 4) is 5.88 Å². The van der Waals surface area contributed by atoms with Crippen LogP contribution in [0, 0.1) is 0 Å². The topological polar surface area (TPSA) is 85.6 Å². The van der Waals surface area contributed by atoms with E-state index in [0.717, 1.165) is 16.9 Å². The van der Waals surface area contributed by atoms with Crippen molar-refractivity contribution in [3.63, 3.8) is 0 Å². The molecule has 27 heavy (non-hydrogen) atoms. The van der Waals surface area contributed by atoms with Gasteiger partial charge in [-0.1, -0.05) is 18.2 Å². The van der Waals surface area contributed by atoms with Gasteiger partial charge >= 0.3 is 6.03 Å². The fourth-order valence-electron chi connectivity index (χ4n) is 2.40. The van der Waals surface area contributed by atoms with Crippen molar-refractivity contribution in [2.75, 3.05) is 12.4 Å². The Morgan fingerprint density at radius 1 is 1.11 bits per heavy atom. The maximum Gasteiger partial charge on any atom is 0.319 e. The van der Waals surface area contributed by atoms with Gasteiger partial charge in [-0.15, -0.1) is 0 Å². The first-order valence-electron chi connectivity index (χ1n) is 8.46. The van der Waals surface area contributed by atoms with Crippen LogP contribution in [0.25, 0.3) is 0 Å². The predicted octanol–water partition coefficient (Wildman–Crippen LogP) is 3.72. The fraction of sp³-hybridized carbons (Fsp3) is 0.200. The van der Waals surface area contributed by atoms with Crippen molar-refractivity contribution in [2.45, 2.75) is 19.8 Å². The first-order chi connectivity index (χ1) is 13.2. The van der Waals surface area contributed by atoms with E-state index in [1.165, 1.54) is 0 Å². The Morgan fingerprint density at radius 3 is 2.78 bits per heavy atom. The summed E-state index contributed by atoms with van der Waals surface area (Å²) >= 11 is 0. The third-order valence-electron chi connectivity index (χ3n) is 3.74. The first-order valence-corrected chi connectivity index (χ1v) is 8.46. The van der Waals surface area contributed by atoms with Crippen LogP contribution in [-0.4, -0.2) is 18.1 Å². The van der Waals surface area contributed by atoms with E-state index in [9.17, 15) is 4.79 Å². The van der Waals surface area contributed by atoms with E-state index >= 15 is 0 Å². The van der Waals surface area contributed by atoms with Crippen molar-refractivity contribution >= 4 is 11.7 Å². The Bertz CT molecular complexity index is 848. The maximum absolute atomic E-state index is 12.1. The smallest absolute Gasteiger partial charge is 0.319 e. The molecule has 7 heteroatoms. The number of aromatic nitrogens is 1. The molecule has 0 atom stereocenters. The predicted molar refractivity (Wildman–Crippen MR) is 100 cm³/mol. The standard InChI is InChI=1S/C20H21N3O4/c1-25-19-8-7-16(11-21-19)12-22-20(24)23-17-5-2-4-15(10-17)13-26-14-18-6-3-9-27-18/h2-11H,12-14H2,1H3,(H2,22,23,24). The Morgan fingerprint density at radius 2 is 2.04 bits per heavy atom. The molecule has 0 saturated heterocycles. The van der Waals surface area contributed by atoms with E-state index in [1.807, 2.05) is 42.5 Å². The van der Waals surface area contributed by atoms with Crippen LogP contribution in [-0.2, 0) is 24.5 Å². The van der Waals surface area contributed by atoms with E-state index in [1.54, 1.807) is 25.6 Å². The highest BCUT2D eigenvalue weighted by Crippen LogP contribution is 2.13. The van der Waals surface area contributed by atoms with E-state index in [-0.39, 0.29) is 6.03 Å².